The van der Waals surface area contributed by atoms with E-state index in [0.29, 0.717) is 11.3 Å². The second-order valence-electron chi connectivity index (χ2n) is 6.41. The molecule has 1 N–H and O–H groups in total. The number of amides is 4. The standard InChI is InChI=1S/C22H18Cl2N2O6/c1-4-7-32-17-6-5-12(9-14(17)23)8-13-20(27)25-22(29)26(21(13)28)16-11-18(30-2)15(24)10-19(16)31-3/h4-6,8-11H,1,7H2,2-3H3,(H,25,27,29)/b13-8+. The number of carbonyl (C=O) groups is 3. The predicted octanol–water partition coefficient (Wildman–Crippen LogP) is 4.24. The first kappa shape index (κ1) is 23.2. The van der Waals surface area contributed by atoms with E-state index in [2.05, 4.69) is 11.9 Å². The fraction of sp³-hybridized carbons (Fsp3) is 0.136. The van der Waals surface area contributed by atoms with Crippen LogP contribution in [0.3, 0.4) is 0 Å². The molecule has 0 saturated carbocycles. The molecule has 0 spiro atoms. The van der Waals surface area contributed by atoms with Crippen molar-refractivity contribution in [2.24, 2.45) is 0 Å². The molecule has 1 heterocycles. The number of benzene rings is 2. The van der Waals surface area contributed by atoms with Gasteiger partial charge in [-0.15, -0.1) is 0 Å². The lowest BCUT2D eigenvalue weighted by molar-refractivity contribution is -0.122. The Labute approximate surface area is 193 Å². The van der Waals surface area contributed by atoms with Gasteiger partial charge in [-0.3, -0.25) is 14.9 Å². The van der Waals surface area contributed by atoms with Crippen molar-refractivity contribution in [3.05, 3.63) is 64.2 Å². The van der Waals surface area contributed by atoms with Crippen LogP contribution in [0, 0.1) is 0 Å². The van der Waals surface area contributed by atoms with Crippen molar-refractivity contribution >= 4 is 52.8 Å². The molecule has 166 valence electrons. The molecular weight excluding hydrogens is 459 g/mol. The van der Waals surface area contributed by atoms with Gasteiger partial charge in [0, 0.05) is 12.1 Å². The minimum atomic E-state index is -0.939. The van der Waals surface area contributed by atoms with Crippen LogP contribution in [0.2, 0.25) is 10.0 Å². The van der Waals surface area contributed by atoms with Gasteiger partial charge in [0.05, 0.1) is 30.0 Å². The number of barbiturate groups is 1. The number of nitrogens with one attached hydrogen (secondary N) is 1. The van der Waals surface area contributed by atoms with Gasteiger partial charge in [0.25, 0.3) is 11.8 Å². The first-order valence-electron chi connectivity index (χ1n) is 9.17. The van der Waals surface area contributed by atoms with Crippen molar-refractivity contribution in [3.63, 3.8) is 0 Å². The van der Waals surface area contributed by atoms with Crippen LogP contribution in [0.4, 0.5) is 10.5 Å². The molecule has 8 nitrogen and oxygen atoms in total. The summed E-state index contributed by atoms with van der Waals surface area (Å²) in [6, 6.07) is 6.57. The second-order valence-corrected chi connectivity index (χ2v) is 7.22. The molecule has 0 unspecified atom stereocenters. The van der Waals surface area contributed by atoms with E-state index >= 15 is 0 Å². The van der Waals surface area contributed by atoms with Crippen LogP contribution in [0.1, 0.15) is 5.56 Å². The van der Waals surface area contributed by atoms with E-state index in [0.717, 1.165) is 4.90 Å². The van der Waals surface area contributed by atoms with E-state index in [1.807, 2.05) is 0 Å². The number of hydrogen-bond acceptors (Lipinski definition) is 6. The van der Waals surface area contributed by atoms with Gasteiger partial charge in [-0.05, 0) is 23.8 Å². The molecule has 2 aromatic rings. The SMILES string of the molecule is C=CCOc1ccc(/C=C2\C(=O)NC(=O)N(c3cc(OC)c(Cl)cc3OC)C2=O)cc1Cl. The average molecular weight is 477 g/mol. The summed E-state index contributed by atoms with van der Waals surface area (Å²) in [5.41, 5.74) is 0.228. The normalized spacial score (nSPS) is 14.9. The van der Waals surface area contributed by atoms with Gasteiger partial charge < -0.3 is 14.2 Å². The van der Waals surface area contributed by atoms with E-state index in [9.17, 15) is 14.4 Å². The number of ether oxygens (including phenoxy) is 3. The number of hydrogen-bond donors (Lipinski definition) is 1. The maximum absolute atomic E-state index is 13.2. The molecule has 1 aliphatic rings. The minimum absolute atomic E-state index is 0.0563. The number of imide groups is 2. The molecule has 0 radical (unpaired) electrons. The molecule has 0 aliphatic carbocycles. The zero-order chi connectivity index (χ0) is 23.4. The lowest BCUT2D eigenvalue weighted by Crippen LogP contribution is -2.54. The van der Waals surface area contributed by atoms with Crippen molar-refractivity contribution in [1.29, 1.82) is 0 Å². The molecule has 10 heteroatoms. The second kappa shape index (κ2) is 9.76. The van der Waals surface area contributed by atoms with E-state index in [4.69, 9.17) is 37.4 Å². The quantitative estimate of drug-likeness (QED) is 0.364. The van der Waals surface area contributed by atoms with Crippen LogP contribution in [0.5, 0.6) is 17.2 Å². The Hall–Kier alpha value is -3.49. The van der Waals surface area contributed by atoms with Gasteiger partial charge in [-0.2, -0.15) is 0 Å². The van der Waals surface area contributed by atoms with Gasteiger partial charge in [0.15, 0.2) is 0 Å². The number of rotatable bonds is 7. The molecule has 1 fully saturated rings. The number of urea groups is 1. The van der Waals surface area contributed by atoms with Crippen molar-refractivity contribution in [3.8, 4) is 17.2 Å². The molecule has 0 aromatic heterocycles. The molecule has 1 saturated heterocycles. The first-order valence-corrected chi connectivity index (χ1v) is 9.92. The summed E-state index contributed by atoms with van der Waals surface area (Å²) in [6.45, 7) is 3.84. The van der Waals surface area contributed by atoms with E-state index < -0.39 is 17.8 Å². The first-order chi connectivity index (χ1) is 15.3. The zero-order valence-corrected chi connectivity index (χ0v) is 18.6. The summed E-state index contributed by atoms with van der Waals surface area (Å²) in [7, 11) is 2.74. The van der Waals surface area contributed by atoms with E-state index in [-0.39, 0.29) is 39.4 Å². The highest BCUT2D eigenvalue weighted by molar-refractivity contribution is 6.40. The molecule has 2 aromatic carbocycles. The van der Waals surface area contributed by atoms with Crippen LogP contribution in [0.15, 0.2) is 48.6 Å². The number of carbonyl (C=O) groups excluding carboxylic acids is 3. The lowest BCUT2D eigenvalue weighted by atomic mass is 10.1. The van der Waals surface area contributed by atoms with Gasteiger partial charge in [0.1, 0.15) is 29.4 Å². The summed E-state index contributed by atoms with van der Waals surface area (Å²) in [5, 5.41) is 2.65. The largest absolute Gasteiger partial charge is 0.495 e. The number of anilines is 1. The van der Waals surface area contributed by atoms with Gasteiger partial charge in [-0.1, -0.05) is 41.9 Å². The van der Waals surface area contributed by atoms with Gasteiger partial charge in [0.2, 0.25) is 0 Å². The summed E-state index contributed by atoms with van der Waals surface area (Å²) >= 11 is 12.3. The van der Waals surface area contributed by atoms with Crippen LogP contribution >= 0.6 is 23.2 Å². The third kappa shape index (κ3) is 4.56. The monoisotopic (exact) mass is 476 g/mol. The maximum Gasteiger partial charge on any atom is 0.336 e. The Bertz CT molecular complexity index is 1150. The molecule has 0 atom stereocenters. The highest BCUT2D eigenvalue weighted by Crippen LogP contribution is 2.39. The lowest BCUT2D eigenvalue weighted by Gasteiger charge is -2.28. The Morgan fingerprint density at radius 2 is 1.69 bits per heavy atom. The highest BCUT2D eigenvalue weighted by atomic mass is 35.5. The fourth-order valence-electron chi connectivity index (χ4n) is 2.93. The fourth-order valence-corrected chi connectivity index (χ4v) is 3.41. The van der Waals surface area contributed by atoms with E-state index in [1.54, 1.807) is 18.2 Å². The van der Waals surface area contributed by atoms with Crippen molar-refractivity contribution in [2.75, 3.05) is 25.7 Å². The third-order valence-corrected chi connectivity index (χ3v) is 5.01. The van der Waals surface area contributed by atoms with Crippen molar-refractivity contribution in [1.82, 2.24) is 5.32 Å². The smallest absolute Gasteiger partial charge is 0.336 e. The highest BCUT2D eigenvalue weighted by Gasteiger charge is 2.38. The summed E-state index contributed by atoms with van der Waals surface area (Å²) in [4.78, 5) is 38.9. The minimum Gasteiger partial charge on any atom is -0.495 e. The van der Waals surface area contributed by atoms with Crippen molar-refractivity contribution < 1.29 is 28.6 Å². The molecule has 32 heavy (non-hydrogen) atoms. The number of halogens is 2. The van der Waals surface area contributed by atoms with Crippen LogP contribution < -0.4 is 24.4 Å². The topological polar surface area (TPSA) is 94.2 Å². The van der Waals surface area contributed by atoms with Crippen LogP contribution in [0.25, 0.3) is 6.08 Å². The summed E-state index contributed by atoms with van der Waals surface area (Å²) in [6.07, 6.45) is 2.89. The Kier molecular flexibility index (Phi) is 7.07. The molecule has 4 amide bonds. The molecule has 0 bridgehead atoms. The average Bonchev–Trinajstić information content (AvgIpc) is 2.76. The predicted molar refractivity (Wildman–Crippen MR) is 121 cm³/mol. The summed E-state index contributed by atoms with van der Waals surface area (Å²) < 4.78 is 15.8. The molecular formula is C22H18Cl2N2O6. The maximum atomic E-state index is 13.2. The van der Waals surface area contributed by atoms with Gasteiger partial charge in [-0.25, -0.2) is 9.69 Å². The number of methoxy groups -OCH3 is 2. The van der Waals surface area contributed by atoms with Crippen molar-refractivity contribution in [2.45, 2.75) is 0 Å². The summed E-state index contributed by atoms with van der Waals surface area (Å²) in [5.74, 6) is -0.932. The van der Waals surface area contributed by atoms with Gasteiger partial charge >= 0.3 is 6.03 Å². The Balaban J connectivity index is 2.03. The van der Waals surface area contributed by atoms with Crippen LogP contribution in [-0.2, 0) is 9.59 Å². The molecule has 3 rings (SSSR count). The zero-order valence-electron chi connectivity index (χ0n) is 17.1. The van der Waals surface area contributed by atoms with E-state index in [1.165, 1.54) is 38.5 Å². The Morgan fingerprint density at radius 3 is 2.31 bits per heavy atom. The third-order valence-electron chi connectivity index (χ3n) is 4.42. The Morgan fingerprint density at radius 1 is 1.00 bits per heavy atom. The molecule has 1 aliphatic heterocycles. The van der Waals surface area contributed by atoms with Crippen LogP contribution in [-0.4, -0.2) is 38.7 Å². The number of nitrogens with zero attached hydrogens (tertiary/aromatic N) is 1.